The van der Waals surface area contributed by atoms with Crippen LogP contribution in [0.25, 0.3) is 22.0 Å². The molecule has 1 saturated heterocycles. The number of amides is 1. The predicted octanol–water partition coefficient (Wildman–Crippen LogP) is 8.71. The average molecular weight is 767 g/mol. The van der Waals surface area contributed by atoms with Crippen molar-refractivity contribution in [3.63, 3.8) is 0 Å². The summed E-state index contributed by atoms with van der Waals surface area (Å²) in [6.07, 6.45) is -13.4. The molecule has 0 atom stereocenters. The number of pyridine rings is 1. The molecule has 0 N–H and O–H groups in total. The third-order valence-corrected chi connectivity index (χ3v) is 8.64. The molecule has 0 unspecified atom stereocenters. The van der Waals surface area contributed by atoms with Crippen LogP contribution in [-0.2, 0) is 34.5 Å². The number of benzene rings is 4. The van der Waals surface area contributed by atoms with Gasteiger partial charge in [-0.3, -0.25) is 9.59 Å². The van der Waals surface area contributed by atoms with Crippen LogP contribution >= 0.6 is 11.8 Å². The Labute approximate surface area is 333 Å². The van der Waals surface area contributed by atoms with Gasteiger partial charge in [0, 0.05) is 72.9 Å². The number of halogens is 5. The van der Waals surface area contributed by atoms with Gasteiger partial charge in [0.05, 0.1) is 35.0 Å². The molecule has 0 spiro atoms. The number of thioether (sulfide) groups is 1. The van der Waals surface area contributed by atoms with Gasteiger partial charge in [-0.25, -0.2) is 8.78 Å². The Balaban J connectivity index is 1.70. The van der Waals surface area contributed by atoms with E-state index >= 15 is 9.18 Å². The second-order valence-electron chi connectivity index (χ2n) is 11.3. The van der Waals surface area contributed by atoms with Crippen molar-refractivity contribution >= 4 is 28.6 Å². The van der Waals surface area contributed by atoms with Gasteiger partial charge >= 0.3 is 6.18 Å². The largest absolute Gasteiger partial charge is 0.416 e. The normalized spacial score (nSPS) is 23.8. The summed E-state index contributed by atoms with van der Waals surface area (Å²) in [6, 6.07) is 1.65. The summed E-state index contributed by atoms with van der Waals surface area (Å²) in [7, 11) is 1.09. The first-order chi connectivity index (χ1) is 32.0. The van der Waals surface area contributed by atoms with Crippen molar-refractivity contribution in [1.29, 1.82) is 0 Å². The van der Waals surface area contributed by atoms with E-state index in [2.05, 4.69) is 0 Å². The Hall–Kier alpha value is -4.52. The lowest BCUT2D eigenvalue weighted by atomic mass is 10.00. The van der Waals surface area contributed by atoms with Crippen LogP contribution in [0.3, 0.4) is 0 Å². The number of hydrogen-bond acceptors (Lipinski definition) is 5. The Morgan fingerprint density at radius 1 is 1.04 bits per heavy atom. The van der Waals surface area contributed by atoms with Crippen LogP contribution in [0, 0.1) is 18.6 Å². The van der Waals surface area contributed by atoms with E-state index < -0.39 is 160 Å². The molecule has 2 heterocycles. The molecule has 278 valence electrons. The number of fused-ring (bicyclic) bond motifs is 1. The summed E-state index contributed by atoms with van der Waals surface area (Å²) < 4.78 is 230. The number of hydrogen-bond donors (Lipinski definition) is 0. The fraction of sp³-hybridized carbons (Fsp3) is 0.317. The molecule has 1 aromatic heterocycles. The summed E-state index contributed by atoms with van der Waals surface area (Å²) in [5.74, 6) is -6.13. The van der Waals surface area contributed by atoms with E-state index in [9.17, 15) is 34.7 Å². The van der Waals surface area contributed by atoms with Gasteiger partial charge in [0.15, 0.2) is 17.1 Å². The maximum absolute atomic E-state index is 15.7. The summed E-state index contributed by atoms with van der Waals surface area (Å²) in [4.78, 5) is 29.0. The van der Waals surface area contributed by atoms with Gasteiger partial charge in [-0.15, -0.1) is 11.8 Å². The molecule has 0 aliphatic carbocycles. The monoisotopic (exact) mass is 766 g/mol. The summed E-state index contributed by atoms with van der Waals surface area (Å²) in [5, 5.41) is -2.06. The van der Waals surface area contributed by atoms with Crippen LogP contribution in [0.5, 0.6) is 0 Å². The number of carbonyl (C=O) groups excluding carboxylic acids is 1. The summed E-state index contributed by atoms with van der Waals surface area (Å²) in [6.45, 7) is -16.5. The van der Waals surface area contributed by atoms with Crippen molar-refractivity contribution in [3.8, 4) is 11.1 Å². The fourth-order valence-corrected chi connectivity index (χ4v) is 5.87. The molecule has 0 radical (unpaired) electrons. The molecular weight excluding hydrogens is 710 g/mol. The molecule has 4 aromatic carbocycles. The molecule has 1 fully saturated rings. The molecular formula is C41H40F5N3O3S. The fourth-order valence-electron chi connectivity index (χ4n) is 4.93. The standard InChI is InChI=1S/C41H40F5N3O3S/c1-27-6-15-34-36(22-27)49(39(23-37(34)50)53-26-31-4-3-5-35(42)40(31)43)25-38(51)48(33-16-18-47(19-17-33)20-21-52-2)24-28-7-9-29(10-8-28)30-11-13-32(14-12-30)41(44,45)46/h3-15,22-23,33H,16-21,24-26H2,1-2H3/i6D,15D,16D2,17D2,18D2,19D2,22D,23D,24D2,25D2,33D. The van der Waals surface area contributed by atoms with Gasteiger partial charge in [-0.1, -0.05) is 54.6 Å². The summed E-state index contributed by atoms with van der Waals surface area (Å²) in [5.41, 5.74) is -5.08. The van der Waals surface area contributed by atoms with Crippen molar-refractivity contribution in [3.05, 3.63) is 135 Å². The lowest BCUT2D eigenvalue weighted by Crippen LogP contribution is -2.48. The van der Waals surface area contributed by atoms with Crippen molar-refractivity contribution in [2.24, 2.45) is 0 Å². The Bertz CT molecular complexity index is 2910. The highest BCUT2D eigenvalue weighted by atomic mass is 32.2. The van der Waals surface area contributed by atoms with Crippen LogP contribution in [0.2, 0.25) is 0 Å². The van der Waals surface area contributed by atoms with Crippen molar-refractivity contribution < 1.29 is 54.8 Å². The molecule has 1 aliphatic heterocycles. The van der Waals surface area contributed by atoms with E-state index in [-0.39, 0.29) is 32.4 Å². The second-order valence-corrected chi connectivity index (χ2v) is 12.3. The Kier molecular flexibility index (Phi) is 6.91. The van der Waals surface area contributed by atoms with Crippen LogP contribution in [0.1, 0.15) is 58.3 Å². The zero-order chi connectivity index (χ0) is 52.9. The van der Waals surface area contributed by atoms with E-state index in [1.54, 1.807) is 0 Å². The number of aromatic nitrogens is 1. The maximum Gasteiger partial charge on any atom is 0.416 e. The predicted molar refractivity (Wildman–Crippen MR) is 198 cm³/mol. The highest BCUT2D eigenvalue weighted by Gasteiger charge is 2.31. The van der Waals surface area contributed by atoms with Gasteiger partial charge in [-0.2, -0.15) is 13.2 Å². The van der Waals surface area contributed by atoms with E-state index in [1.165, 1.54) is 0 Å². The van der Waals surface area contributed by atoms with E-state index in [1.807, 2.05) is 0 Å². The van der Waals surface area contributed by atoms with Crippen molar-refractivity contribution in [1.82, 2.24) is 14.4 Å². The lowest BCUT2D eigenvalue weighted by molar-refractivity contribution is -0.137. The minimum absolute atomic E-state index is 0.00721. The topological polar surface area (TPSA) is 54.8 Å². The first kappa shape index (κ1) is 22.0. The molecule has 53 heavy (non-hydrogen) atoms. The minimum atomic E-state index is -4.72. The zero-order valence-corrected chi connectivity index (χ0v) is 28.7. The molecule has 1 amide bonds. The molecule has 0 bridgehead atoms. The second kappa shape index (κ2) is 16.7. The maximum atomic E-state index is 15.7. The van der Waals surface area contributed by atoms with Crippen LogP contribution in [0.15, 0.2) is 101 Å². The first-order valence-corrected chi connectivity index (χ1v) is 16.6. The molecule has 6 nitrogen and oxygen atoms in total. The average Bonchev–Trinajstić information content (AvgIpc) is 3.28. The van der Waals surface area contributed by atoms with Crippen LogP contribution < -0.4 is 5.43 Å². The Morgan fingerprint density at radius 3 is 2.38 bits per heavy atom. The number of nitrogens with zero attached hydrogens (tertiary/aromatic N) is 3. The number of carbonyl (C=O) groups is 1. The van der Waals surface area contributed by atoms with Gasteiger partial charge in [0.2, 0.25) is 5.91 Å². The van der Waals surface area contributed by atoms with Gasteiger partial charge in [-0.05, 0) is 72.2 Å². The highest BCUT2D eigenvalue weighted by molar-refractivity contribution is 7.98. The van der Waals surface area contributed by atoms with E-state index in [0.29, 0.717) is 0 Å². The summed E-state index contributed by atoms with van der Waals surface area (Å²) >= 11 is 0.183. The van der Waals surface area contributed by atoms with E-state index in [4.69, 9.17) is 15.7 Å². The SMILES string of the molecule is [2H]c1c(C)c([2H])c2c(c1[2H])c(=O)c([2H])c(SCc1cccc(F)c1F)n2C([2H])([2H])C(=O)N(C([2H])([2H])c1ccc(-c2ccc(C(F)(F)F)cc2)cc1)C1([2H])C([2H])([2H])C([2H])([2H])N(CCOC)C([2H])([2H])C1([2H])[2H]. The number of likely N-dealkylation sites (tertiary alicyclic amines) is 1. The molecule has 1 aliphatic rings. The Morgan fingerprint density at radius 2 is 1.72 bits per heavy atom. The molecule has 0 saturated carbocycles. The quantitative estimate of drug-likeness (QED) is 0.0940. The molecule has 6 rings (SSSR count). The number of rotatable bonds is 12. The first-order valence-electron chi connectivity index (χ1n) is 24.1. The molecule has 12 heteroatoms. The zero-order valence-electron chi connectivity index (χ0n) is 44.8. The van der Waals surface area contributed by atoms with E-state index in [0.717, 1.165) is 80.8 Å². The lowest BCUT2D eigenvalue weighted by Gasteiger charge is -2.39. The number of ether oxygens (including phenoxy) is 1. The van der Waals surface area contributed by atoms with Crippen LogP contribution in [-0.4, -0.2) is 59.5 Å². The third kappa shape index (κ3) is 9.17. The van der Waals surface area contributed by atoms with Crippen molar-refractivity contribution in [2.45, 2.75) is 55.6 Å². The van der Waals surface area contributed by atoms with Gasteiger partial charge < -0.3 is 19.1 Å². The van der Waals surface area contributed by atoms with Crippen LogP contribution in [0.4, 0.5) is 22.0 Å². The van der Waals surface area contributed by atoms with Gasteiger partial charge in [0.25, 0.3) is 0 Å². The van der Waals surface area contributed by atoms with Gasteiger partial charge in [0.1, 0.15) is 6.50 Å². The highest BCUT2D eigenvalue weighted by Crippen LogP contribution is 2.32. The smallest absolute Gasteiger partial charge is 0.383 e. The molecule has 5 aromatic rings. The number of alkyl halides is 3. The third-order valence-electron chi connectivity index (χ3n) is 7.63. The number of piperidine rings is 1. The van der Waals surface area contributed by atoms with Crippen molar-refractivity contribution in [2.75, 3.05) is 33.3 Å². The number of methoxy groups -OCH3 is 1. The minimum Gasteiger partial charge on any atom is -0.383 e.